The van der Waals surface area contributed by atoms with Gasteiger partial charge < -0.3 is 20.3 Å². The number of amides is 3. The van der Waals surface area contributed by atoms with Crippen LogP contribution in [0.2, 0.25) is 0 Å². The van der Waals surface area contributed by atoms with Crippen LogP contribution in [0.5, 0.6) is 5.75 Å². The van der Waals surface area contributed by atoms with Gasteiger partial charge in [-0.25, -0.2) is 0 Å². The lowest BCUT2D eigenvalue weighted by molar-refractivity contribution is -0.134. The van der Waals surface area contributed by atoms with E-state index >= 15 is 0 Å². The van der Waals surface area contributed by atoms with Gasteiger partial charge in [0.15, 0.2) is 5.69 Å². The van der Waals surface area contributed by atoms with Gasteiger partial charge in [0, 0.05) is 61.5 Å². The number of rotatable bonds is 7. The number of hydrogen-bond acceptors (Lipinski definition) is 5. The zero-order chi connectivity index (χ0) is 25.4. The van der Waals surface area contributed by atoms with Crippen LogP contribution in [-0.4, -0.2) is 52.1 Å². The van der Waals surface area contributed by atoms with Crippen molar-refractivity contribution in [1.29, 1.82) is 0 Å². The third-order valence-electron chi connectivity index (χ3n) is 7.52. The minimum absolute atomic E-state index is 0.0875. The molecule has 1 aromatic heterocycles. The van der Waals surface area contributed by atoms with E-state index in [1.165, 1.54) is 0 Å². The number of nitrogens with one attached hydrogen (secondary N) is 2. The van der Waals surface area contributed by atoms with Crippen molar-refractivity contribution in [3.8, 4) is 5.75 Å². The fourth-order valence-electron chi connectivity index (χ4n) is 5.65. The van der Waals surface area contributed by atoms with Crippen molar-refractivity contribution in [3.05, 3.63) is 40.7 Å². The van der Waals surface area contributed by atoms with Crippen LogP contribution in [0.1, 0.15) is 79.2 Å². The Morgan fingerprint density at radius 3 is 2.75 bits per heavy atom. The van der Waals surface area contributed by atoms with Crippen LogP contribution in [0, 0.1) is 5.92 Å². The summed E-state index contributed by atoms with van der Waals surface area (Å²) in [5.41, 5.74) is 3.82. The number of aromatic nitrogens is 2. The topological polar surface area (TPSA) is 106 Å². The number of fused-ring (bicyclic) bond motifs is 2. The van der Waals surface area contributed by atoms with Crippen LogP contribution in [-0.2, 0) is 29.1 Å². The molecule has 2 aromatic rings. The Kier molecular flexibility index (Phi) is 6.73. The zero-order valence-corrected chi connectivity index (χ0v) is 21.3. The number of carbonyl (C=O) groups is 3. The van der Waals surface area contributed by atoms with Crippen molar-refractivity contribution < 1.29 is 19.1 Å². The molecule has 0 saturated heterocycles. The van der Waals surface area contributed by atoms with Gasteiger partial charge in [0.1, 0.15) is 5.75 Å². The molecule has 2 aliphatic heterocycles. The van der Waals surface area contributed by atoms with E-state index in [0.717, 1.165) is 49.0 Å². The third kappa shape index (κ3) is 4.70. The maximum absolute atomic E-state index is 13.4. The molecule has 0 unspecified atom stereocenters. The van der Waals surface area contributed by atoms with Crippen molar-refractivity contribution in [1.82, 2.24) is 20.0 Å². The Bertz CT molecular complexity index is 1180. The fraction of sp³-hybridized carbons (Fsp3) is 0.556. The maximum Gasteiger partial charge on any atom is 0.272 e. The fourth-order valence-corrected chi connectivity index (χ4v) is 5.65. The number of anilines is 1. The summed E-state index contributed by atoms with van der Waals surface area (Å²) in [6.07, 6.45) is 5.01. The number of ether oxygens (including phenoxy) is 1. The highest BCUT2D eigenvalue weighted by Gasteiger charge is 2.36. The predicted octanol–water partition coefficient (Wildman–Crippen LogP) is 3.23. The first-order valence-electron chi connectivity index (χ1n) is 13.0. The first kappa shape index (κ1) is 24.3. The number of hydrogen-bond donors (Lipinski definition) is 2. The van der Waals surface area contributed by atoms with Gasteiger partial charge in [0.05, 0.1) is 13.0 Å². The van der Waals surface area contributed by atoms with E-state index in [-0.39, 0.29) is 30.2 Å². The van der Waals surface area contributed by atoms with Gasteiger partial charge in [-0.05, 0) is 30.4 Å². The average Bonchev–Trinajstić information content (AvgIpc) is 3.56. The third-order valence-corrected chi connectivity index (χ3v) is 7.52. The van der Waals surface area contributed by atoms with Gasteiger partial charge in [0.2, 0.25) is 11.8 Å². The highest BCUT2D eigenvalue weighted by molar-refractivity contribution is 6.05. The molecule has 3 amide bonds. The Morgan fingerprint density at radius 2 is 2.03 bits per heavy atom. The number of benzene rings is 1. The minimum atomic E-state index is -0.534. The molecule has 1 atom stereocenters. The summed E-state index contributed by atoms with van der Waals surface area (Å²) in [7, 11) is 1.58. The molecule has 36 heavy (non-hydrogen) atoms. The number of nitrogens with zero attached hydrogens (tertiary/aromatic N) is 3. The molecule has 0 bridgehead atoms. The highest BCUT2D eigenvalue weighted by Crippen LogP contribution is 2.37. The van der Waals surface area contributed by atoms with Gasteiger partial charge in [-0.3, -0.25) is 19.1 Å². The standard InChI is InChI=1S/C27H35N5O4/c1-16(2)14-32-23-10-11-31(15-21(23)25(30-32)27(35)28-17-6-4-5-7-17)24(33)13-20-19-9-8-18(36-3)12-22(19)29-26(20)34/h8-9,12,16-17,20H,4-7,10-11,13-15H2,1-3H3,(H,28,35)(H,29,34)/t20-/m0/s1. The van der Waals surface area contributed by atoms with E-state index in [1.807, 2.05) is 16.8 Å². The summed E-state index contributed by atoms with van der Waals surface area (Å²) in [5.74, 6) is 0.0981. The SMILES string of the molecule is COc1ccc2c(c1)NC(=O)[C@H]2CC(=O)N1CCc2c(c(C(=O)NC3CCCC3)nn2CC(C)C)C1. The second-order valence-electron chi connectivity index (χ2n) is 10.6. The van der Waals surface area contributed by atoms with E-state index in [4.69, 9.17) is 9.84 Å². The Hall–Kier alpha value is -3.36. The quantitative estimate of drug-likeness (QED) is 0.616. The Labute approximate surface area is 211 Å². The lowest BCUT2D eigenvalue weighted by Gasteiger charge is -2.29. The van der Waals surface area contributed by atoms with Crippen molar-refractivity contribution in [3.63, 3.8) is 0 Å². The van der Waals surface area contributed by atoms with Gasteiger partial charge in [-0.15, -0.1) is 0 Å². The summed E-state index contributed by atoms with van der Waals surface area (Å²) in [6, 6.07) is 5.63. The van der Waals surface area contributed by atoms with Crippen LogP contribution < -0.4 is 15.4 Å². The molecule has 9 heteroatoms. The summed E-state index contributed by atoms with van der Waals surface area (Å²) in [5, 5.41) is 10.7. The van der Waals surface area contributed by atoms with E-state index in [1.54, 1.807) is 18.1 Å². The van der Waals surface area contributed by atoms with E-state index < -0.39 is 5.92 Å². The summed E-state index contributed by atoms with van der Waals surface area (Å²) in [6.45, 7) is 5.87. The predicted molar refractivity (Wildman–Crippen MR) is 135 cm³/mol. The van der Waals surface area contributed by atoms with Crippen LogP contribution in [0.25, 0.3) is 0 Å². The molecule has 192 valence electrons. The molecule has 5 rings (SSSR count). The summed E-state index contributed by atoms with van der Waals surface area (Å²) < 4.78 is 7.21. The molecule has 1 fully saturated rings. The second kappa shape index (κ2) is 9.95. The molecule has 3 heterocycles. The molecule has 1 aliphatic carbocycles. The maximum atomic E-state index is 13.4. The van der Waals surface area contributed by atoms with E-state index in [0.29, 0.717) is 42.6 Å². The highest BCUT2D eigenvalue weighted by atomic mass is 16.5. The molecule has 0 radical (unpaired) electrons. The monoisotopic (exact) mass is 493 g/mol. The van der Waals surface area contributed by atoms with E-state index in [2.05, 4.69) is 24.5 Å². The molecule has 0 spiro atoms. The molecule has 9 nitrogen and oxygen atoms in total. The first-order chi connectivity index (χ1) is 17.3. The Morgan fingerprint density at radius 1 is 1.25 bits per heavy atom. The van der Waals surface area contributed by atoms with Gasteiger partial charge in [-0.1, -0.05) is 32.8 Å². The first-order valence-corrected chi connectivity index (χ1v) is 13.0. The largest absolute Gasteiger partial charge is 0.497 e. The van der Waals surface area contributed by atoms with Crippen LogP contribution in [0.3, 0.4) is 0 Å². The Balaban J connectivity index is 1.34. The van der Waals surface area contributed by atoms with Crippen LogP contribution in [0.15, 0.2) is 18.2 Å². The zero-order valence-electron chi connectivity index (χ0n) is 21.3. The van der Waals surface area contributed by atoms with Gasteiger partial charge in [-0.2, -0.15) is 5.10 Å². The van der Waals surface area contributed by atoms with Crippen molar-refractivity contribution in [2.45, 2.75) is 77.4 Å². The normalized spacial score (nSPS) is 19.3. The van der Waals surface area contributed by atoms with Crippen LogP contribution >= 0.6 is 0 Å². The summed E-state index contributed by atoms with van der Waals surface area (Å²) in [4.78, 5) is 41.0. The number of carbonyl (C=O) groups excluding carboxylic acids is 3. The van der Waals surface area contributed by atoms with Crippen LogP contribution in [0.4, 0.5) is 5.69 Å². The summed E-state index contributed by atoms with van der Waals surface area (Å²) >= 11 is 0. The molecular formula is C27H35N5O4. The second-order valence-corrected chi connectivity index (χ2v) is 10.6. The van der Waals surface area contributed by atoms with Gasteiger partial charge >= 0.3 is 0 Å². The molecule has 3 aliphatic rings. The van der Waals surface area contributed by atoms with Crippen molar-refractivity contribution >= 4 is 23.4 Å². The smallest absolute Gasteiger partial charge is 0.272 e. The van der Waals surface area contributed by atoms with E-state index in [9.17, 15) is 14.4 Å². The van der Waals surface area contributed by atoms with Crippen molar-refractivity contribution in [2.24, 2.45) is 5.92 Å². The lowest BCUT2D eigenvalue weighted by Crippen LogP contribution is -2.39. The molecule has 2 N–H and O–H groups in total. The lowest BCUT2D eigenvalue weighted by atomic mass is 9.95. The average molecular weight is 494 g/mol. The molecule has 1 aromatic carbocycles. The molecule has 1 saturated carbocycles. The van der Waals surface area contributed by atoms with Crippen molar-refractivity contribution in [2.75, 3.05) is 19.0 Å². The number of methoxy groups -OCH3 is 1. The minimum Gasteiger partial charge on any atom is -0.497 e. The molecular weight excluding hydrogens is 458 g/mol. The van der Waals surface area contributed by atoms with Gasteiger partial charge in [0.25, 0.3) is 5.91 Å².